The van der Waals surface area contributed by atoms with Gasteiger partial charge in [-0.05, 0) is 38.3 Å². The van der Waals surface area contributed by atoms with E-state index in [1.165, 1.54) is 16.1 Å². The van der Waals surface area contributed by atoms with Gasteiger partial charge in [0.1, 0.15) is 4.90 Å². The van der Waals surface area contributed by atoms with Gasteiger partial charge in [0.05, 0.1) is 5.92 Å². The third kappa shape index (κ3) is 3.52. The third-order valence-electron chi connectivity index (χ3n) is 4.65. The van der Waals surface area contributed by atoms with Gasteiger partial charge in [0.2, 0.25) is 15.9 Å². The molecule has 2 aliphatic heterocycles. The van der Waals surface area contributed by atoms with Gasteiger partial charge in [0, 0.05) is 38.6 Å². The van der Waals surface area contributed by atoms with Gasteiger partial charge in [-0.15, -0.1) is 0 Å². The highest BCUT2D eigenvalue weighted by atomic mass is 32.2. The summed E-state index contributed by atoms with van der Waals surface area (Å²) < 4.78 is 26.9. The fourth-order valence-electron chi connectivity index (χ4n) is 3.37. The second-order valence-electron chi connectivity index (χ2n) is 6.49. The van der Waals surface area contributed by atoms with Gasteiger partial charge < -0.3 is 4.90 Å². The van der Waals surface area contributed by atoms with Crippen LogP contribution in [0.15, 0.2) is 41.1 Å². The van der Waals surface area contributed by atoms with Crippen LogP contribution < -0.4 is 0 Å². The monoisotopic (exact) mass is 349 g/mol. The predicted octanol–water partition coefficient (Wildman–Crippen LogP) is 1.66. The highest BCUT2D eigenvalue weighted by Crippen LogP contribution is 2.25. The van der Waals surface area contributed by atoms with Crippen molar-refractivity contribution in [2.45, 2.75) is 31.1 Å². The van der Waals surface area contributed by atoms with Gasteiger partial charge in [-0.1, -0.05) is 11.6 Å². The summed E-state index contributed by atoms with van der Waals surface area (Å²) in [5, 5.41) is 0. The van der Waals surface area contributed by atoms with Crippen LogP contribution in [0.1, 0.15) is 26.2 Å². The maximum absolute atomic E-state index is 12.8. The quantitative estimate of drug-likeness (QED) is 0.778. The summed E-state index contributed by atoms with van der Waals surface area (Å²) in [6, 6.07) is 3.16. The summed E-state index contributed by atoms with van der Waals surface area (Å²) in [7, 11) is -3.58. The average molecular weight is 349 g/mol. The first-order valence-electron chi connectivity index (χ1n) is 8.33. The number of sulfonamides is 1. The van der Waals surface area contributed by atoms with Gasteiger partial charge in [-0.3, -0.25) is 9.78 Å². The van der Waals surface area contributed by atoms with Crippen LogP contribution in [0.4, 0.5) is 0 Å². The number of hydrogen-bond acceptors (Lipinski definition) is 4. The maximum atomic E-state index is 12.8. The van der Waals surface area contributed by atoms with Crippen LogP contribution in [-0.4, -0.2) is 54.7 Å². The van der Waals surface area contributed by atoms with Crippen LogP contribution in [0.3, 0.4) is 0 Å². The standard InChI is InChI=1S/C17H23N3O3S/c1-14-5-3-9-19(12-14)17(21)15-6-4-10-20(13-15)24(22,23)16-7-2-8-18-11-16/h2,5,7-8,11,15H,3-4,6,9-10,12-13H2,1H3/t15-/m1/s1. The predicted molar refractivity (Wildman–Crippen MR) is 90.7 cm³/mol. The maximum Gasteiger partial charge on any atom is 0.244 e. The van der Waals surface area contributed by atoms with Crippen LogP contribution in [0, 0.1) is 5.92 Å². The first-order chi connectivity index (χ1) is 11.5. The van der Waals surface area contributed by atoms with Crippen LogP contribution in [-0.2, 0) is 14.8 Å². The van der Waals surface area contributed by atoms with Crippen molar-refractivity contribution in [3.05, 3.63) is 36.2 Å². The van der Waals surface area contributed by atoms with Crippen molar-refractivity contribution in [2.24, 2.45) is 5.92 Å². The molecule has 6 nitrogen and oxygen atoms in total. The number of rotatable bonds is 3. The number of piperidine rings is 1. The lowest BCUT2D eigenvalue weighted by Gasteiger charge is -2.35. The largest absolute Gasteiger partial charge is 0.338 e. The topological polar surface area (TPSA) is 70.6 Å². The Morgan fingerprint density at radius 1 is 1.33 bits per heavy atom. The molecular weight excluding hydrogens is 326 g/mol. The molecular formula is C17H23N3O3S. The van der Waals surface area contributed by atoms with E-state index in [0.29, 0.717) is 19.5 Å². The van der Waals surface area contributed by atoms with Gasteiger partial charge >= 0.3 is 0 Å². The highest BCUT2D eigenvalue weighted by Gasteiger charge is 2.35. The molecule has 1 atom stereocenters. The Labute approximate surface area is 143 Å². The fourth-order valence-corrected chi connectivity index (χ4v) is 4.86. The normalized spacial score (nSPS) is 23.0. The number of aromatic nitrogens is 1. The first kappa shape index (κ1) is 17.1. The van der Waals surface area contributed by atoms with Gasteiger partial charge in [0.25, 0.3) is 0 Å². The molecule has 1 amide bonds. The Bertz CT molecular complexity index is 731. The Morgan fingerprint density at radius 3 is 2.88 bits per heavy atom. The molecule has 0 spiro atoms. The van der Waals surface area contributed by atoms with Crippen molar-refractivity contribution < 1.29 is 13.2 Å². The molecule has 3 heterocycles. The van der Waals surface area contributed by atoms with Crippen molar-refractivity contribution in [3.63, 3.8) is 0 Å². The molecule has 1 saturated heterocycles. The molecule has 0 bridgehead atoms. The highest BCUT2D eigenvalue weighted by molar-refractivity contribution is 7.89. The molecule has 24 heavy (non-hydrogen) atoms. The molecule has 7 heteroatoms. The van der Waals surface area contributed by atoms with E-state index in [-0.39, 0.29) is 23.3 Å². The zero-order chi connectivity index (χ0) is 17.2. The van der Waals surface area contributed by atoms with E-state index >= 15 is 0 Å². The number of pyridine rings is 1. The van der Waals surface area contributed by atoms with Crippen molar-refractivity contribution in [1.29, 1.82) is 0 Å². The number of hydrogen-bond donors (Lipinski definition) is 0. The van der Waals surface area contributed by atoms with Gasteiger partial charge in [-0.25, -0.2) is 8.42 Å². The number of amides is 1. The Hall–Kier alpha value is -1.73. The molecule has 1 fully saturated rings. The van der Waals surface area contributed by atoms with E-state index in [9.17, 15) is 13.2 Å². The summed E-state index contributed by atoms with van der Waals surface area (Å²) in [6.07, 6.45) is 7.40. The first-order valence-corrected chi connectivity index (χ1v) is 9.77. The lowest BCUT2D eigenvalue weighted by atomic mass is 9.97. The summed E-state index contributed by atoms with van der Waals surface area (Å²) in [6.45, 7) is 4.13. The van der Waals surface area contributed by atoms with Crippen molar-refractivity contribution in [2.75, 3.05) is 26.2 Å². The van der Waals surface area contributed by atoms with E-state index < -0.39 is 10.0 Å². The lowest BCUT2D eigenvalue weighted by molar-refractivity contribution is -0.136. The lowest BCUT2D eigenvalue weighted by Crippen LogP contribution is -2.47. The zero-order valence-corrected chi connectivity index (χ0v) is 14.7. The summed E-state index contributed by atoms with van der Waals surface area (Å²) in [5.41, 5.74) is 1.20. The molecule has 0 aromatic carbocycles. The number of carbonyl (C=O) groups is 1. The van der Waals surface area contributed by atoms with E-state index in [1.54, 1.807) is 18.3 Å². The van der Waals surface area contributed by atoms with Crippen molar-refractivity contribution in [1.82, 2.24) is 14.2 Å². The molecule has 0 unspecified atom stereocenters. The molecule has 130 valence electrons. The van der Waals surface area contributed by atoms with E-state index in [1.807, 2.05) is 11.8 Å². The molecule has 0 radical (unpaired) electrons. The minimum atomic E-state index is -3.58. The summed E-state index contributed by atoms with van der Waals surface area (Å²) in [5.74, 6) is -0.176. The number of carbonyl (C=O) groups excluding carboxylic acids is 1. The van der Waals surface area contributed by atoms with E-state index in [4.69, 9.17) is 0 Å². The Morgan fingerprint density at radius 2 is 2.17 bits per heavy atom. The van der Waals surface area contributed by atoms with E-state index in [0.717, 1.165) is 19.4 Å². The average Bonchev–Trinajstić information content (AvgIpc) is 2.62. The SMILES string of the molecule is CC1=CCCN(C(=O)[C@@H]2CCCN(S(=O)(=O)c3cccnc3)C2)C1. The summed E-state index contributed by atoms with van der Waals surface area (Å²) >= 11 is 0. The second kappa shape index (κ2) is 7.03. The molecule has 2 aliphatic rings. The van der Waals surface area contributed by atoms with Crippen LogP contribution in [0.2, 0.25) is 0 Å². The van der Waals surface area contributed by atoms with Crippen molar-refractivity contribution in [3.8, 4) is 0 Å². The Kier molecular flexibility index (Phi) is 5.01. The smallest absolute Gasteiger partial charge is 0.244 e. The van der Waals surface area contributed by atoms with Gasteiger partial charge in [-0.2, -0.15) is 4.31 Å². The van der Waals surface area contributed by atoms with Crippen LogP contribution in [0.25, 0.3) is 0 Å². The molecule has 1 aromatic heterocycles. The Balaban J connectivity index is 1.73. The van der Waals surface area contributed by atoms with E-state index in [2.05, 4.69) is 11.1 Å². The summed E-state index contributed by atoms with van der Waals surface area (Å²) in [4.78, 5) is 18.7. The molecule has 1 aromatic rings. The minimum Gasteiger partial charge on any atom is -0.338 e. The molecule has 3 rings (SSSR count). The molecule has 0 saturated carbocycles. The zero-order valence-electron chi connectivity index (χ0n) is 13.9. The van der Waals surface area contributed by atoms with Gasteiger partial charge in [0.15, 0.2) is 0 Å². The number of nitrogens with zero attached hydrogens (tertiary/aromatic N) is 3. The second-order valence-corrected chi connectivity index (χ2v) is 8.43. The minimum absolute atomic E-state index is 0.0773. The van der Waals surface area contributed by atoms with Crippen molar-refractivity contribution >= 4 is 15.9 Å². The van der Waals surface area contributed by atoms with Crippen LogP contribution >= 0.6 is 0 Å². The molecule has 0 aliphatic carbocycles. The van der Waals surface area contributed by atoms with Crippen LogP contribution in [0.5, 0.6) is 0 Å². The molecule has 0 N–H and O–H groups in total. The fraction of sp³-hybridized carbons (Fsp3) is 0.529. The third-order valence-corrected chi connectivity index (χ3v) is 6.50.